The fraction of sp³-hybridized carbons (Fsp3) is 0.538. The summed E-state index contributed by atoms with van der Waals surface area (Å²) in [4.78, 5) is 38.7. The normalized spacial score (nSPS) is 27.0. The molecular formula is C26H32FN4O9P. The summed E-state index contributed by atoms with van der Waals surface area (Å²) in [6, 6.07) is 6.44. The number of aromatic nitrogens is 2. The lowest BCUT2D eigenvalue weighted by molar-refractivity contribution is -0.152. The van der Waals surface area contributed by atoms with Gasteiger partial charge in [-0.15, -0.1) is 0 Å². The molecule has 1 aliphatic carbocycles. The van der Waals surface area contributed by atoms with Crippen molar-refractivity contribution in [2.45, 2.75) is 76.5 Å². The van der Waals surface area contributed by atoms with Gasteiger partial charge in [0.25, 0.3) is 5.56 Å². The van der Waals surface area contributed by atoms with Gasteiger partial charge in [0, 0.05) is 12.3 Å². The quantitative estimate of drug-likeness (QED) is 0.272. The number of aliphatic hydroxyl groups excluding tert-OH is 1. The summed E-state index contributed by atoms with van der Waals surface area (Å²) in [6.45, 7) is 2.17. The zero-order valence-corrected chi connectivity index (χ0v) is 23.4. The maximum Gasteiger partial charge on any atom is 0.459 e. The molecule has 1 aromatic carbocycles. The minimum Gasteiger partial charge on any atom is -0.461 e. The summed E-state index contributed by atoms with van der Waals surface area (Å²) in [5, 5.41) is 23.4. The average Bonchev–Trinajstić information content (AvgIpc) is 3.19. The highest BCUT2D eigenvalue weighted by Gasteiger charge is 2.55. The van der Waals surface area contributed by atoms with Crippen molar-refractivity contribution in [3.63, 3.8) is 0 Å². The number of benzene rings is 1. The third-order valence-corrected chi connectivity index (χ3v) is 8.76. The summed E-state index contributed by atoms with van der Waals surface area (Å²) in [7, 11) is -4.42. The highest BCUT2D eigenvalue weighted by molar-refractivity contribution is 7.52. The van der Waals surface area contributed by atoms with Gasteiger partial charge in [0.05, 0.1) is 12.7 Å². The molecule has 2 aliphatic rings. The number of carbonyl (C=O) groups excluding carboxylic acids is 1. The summed E-state index contributed by atoms with van der Waals surface area (Å²) >= 11 is 0. The molecule has 1 saturated carbocycles. The molecule has 15 heteroatoms. The van der Waals surface area contributed by atoms with Gasteiger partial charge in [0.2, 0.25) is 0 Å². The number of nitriles is 1. The summed E-state index contributed by atoms with van der Waals surface area (Å²) in [6.07, 6.45) is 1.10. The molecular weight excluding hydrogens is 562 g/mol. The first-order chi connectivity index (χ1) is 19.4. The predicted octanol–water partition coefficient (Wildman–Crippen LogP) is 2.52. The minimum atomic E-state index is -4.42. The number of rotatable bonds is 10. The van der Waals surface area contributed by atoms with Crippen LogP contribution in [0.2, 0.25) is 0 Å². The van der Waals surface area contributed by atoms with E-state index < -0.39 is 67.3 Å². The topological polar surface area (TPSA) is 182 Å². The van der Waals surface area contributed by atoms with E-state index in [0.29, 0.717) is 0 Å². The minimum absolute atomic E-state index is 0.0394. The maximum atomic E-state index is 13.9. The van der Waals surface area contributed by atoms with Crippen LogP contribution in [0.4, 0.5) is 4.39 Å². The van der Waals surface area contributed by atoms with Crippen LogP contribution in [-0.4, -0.2) is 51.6 Å². The molecule has 3 N–H and O–H groups in total. The van der Waals surface area contributed by atoms with E-state index in [2.05, 4.69) is 10.1 Å². The fourth-order valence-corrected chi connectivity index (χ4v) is 6.27. The number of hydrogen-bond acceptors (Lipinski definition) is 10. The van der Waals surface area contributed by atoms with E-state index in [1.807, 2.05) is 6.07 Å². The zero-order valence-electron chi connectivity index (χ0n) is 22.5. The number of halogens is 1. The molecule has 1 saturated heterocycles. The number of hydrogen-bond donors (Lipinski definition) is 3. The molecule has 0 spiro atoms. The van der Waals surface area contributed by atoms with Crippen LogP contribution in [0.25, 0.3) is 0 Å². The molecule has 41 heavy (non-hydrogen) atoms. The third-order valence-electron chi connectivity index (χ3n) is 7.12. The maximum absolute atomic E-state index is 13.9. The molecule has 0 bridgehead atoms. The Hall–Kier alpha value is -3.34. The highest BCUT2D eigenvalue weighted by atomic mass is 31.2. The molecule has 0 amide bonds. The number of nitrogens with one attached hydrogen (secondary N) is 2. The number of aliphatic hydroxyl groups is 1. The van der Waals surface area contributed by atoms with Crippen molar-refractivity contribution in [3.8, 4) is 11.8 Å². The van der Waals surface area contributed by atoms with E-state index in [0.717, 1.165) is 61.1 Å². The second kappa shape index (κ2) is 12.7. The van der Waals surface area contributed by atoms with Gasteiger partial charge in [-0.1, -0.05) is 6.42 Å². The first-order valence-electron chi connectivity index (χ1n) is 13.2. The van der Waals surface area contributed by atoms with Crippen molar-refractivity contribution in [2.24, 2.45) is 5.41 Å². The average molecular weight is 595 g/mol. The molecule has 13 nitrogen and oxygen atoms in total. The van der Waals surface area contributed by atoms with E-state index in [1.165, 1.54) is 26.0 Å². The van der Waals surface area contributed by atoms with Crippen molar-refractivity contribution >= 4 is 13.7 Å². The van der Waals surface area contributed by atoms with E-state index in [4.69, 9.17) is 18.5 Å². The van der Waals surface area contributed by atoms with Gasteiger partial charge < -0.3 is 19.1 Å². The van der Waals surface area contributed by atoms with Gasteiger partial charge >= 0.3 is 19.4 Å². The number of H-pyrrole nitrogens is 1. The van der Waals surface area contributed by atoms with E-state index >= 15 is 0 Å². The van der Waals surface area contributed by atoms with Crippen LogP contribution in [0, 0.1) is 22.6 Å². The van der Waals surface area contributed by atoms with Crippen LogP contribution in [-0.2, 0) is 23.4 Å². The Kier molecular flexibility index (Phi) is 9.46. The first-order valence-corrected chi connectivity index (χ1v) is 14.7. The Bertz CT molecular complexity index is 1440. The standard InChI is InChI=1S/C26H32FN4O9P/c1-16(23(34)38-18-6-4-3-5-7-18)30-41(36,40-19-10-8-17(27)9-11-19)37-14-20-22(33)26(2,15-28)24(39-20)31-13-12-21(32)29-25(31)35/h8-13,16,18,20,22,24,33H,3-7,14H2,1-2H3,(H,30,36)(H,29,32,35). The molecule has 6 atom stereocenters. The van der Waals surface area contributed by atoms with Crippen LogP contribution in [0.5, 0.6) is 5.75 Å². The molecule has 6 unspecified atom stereocenters. The van der Waals surface area contributed by atoms with Gasteiger partial charge in [-0.3, -0.25) is 23.7 Å². The van der Waals surface area contributed by atoms with Gasteiger partial charge in [-0.05, 0) is 63.8 Å². The lowest BCUT2D eigenvalue weighted by atomic mass is 9.84. The van der Waals surface area contributed by atoms with Crippen LogP contribution in [0.1, 0.15) is 52.2 Å². The lowest BCUT2D eigenvalue weighted by Crippen LogP contribution is -2.41. The summed E-state index contributed by atoms with van der Waals surface area (Å²) < 4.78 is 50.7. The Morgan fingerprint density at radius 3 is 2.61 bits per heavy atom. The molecule has 1 aromatic heterocycles. The monoisotopic (exact) mass is 594 g/mol. The van der Waals surface area contributed by atoms with Gasteiger partial charge in [-0.2, -0.15) is 10.3 Å². The second-order valence-electron chi connectivity index (χ2n) is 10.3. The van der Waals surface area contributed by atoms with Gasteiger partial charge in [0.15, 0.2) is 6.23 Å². The van der Waals surface area contributed by atoms with Crippen molar-refractivity contribution < 1.29 is 37.4 Å². The molecule has 0 radical (unpaired) electrons. The Morgan fingerprint density at radius 2 is 1.98 bits per heavy atom. The van der Waals surface area contributed by atoms with E-state index in [9.17, 15) is 33.7 Å². The Balaban J connectivity index is 1.52. The highest BCUT2D eigenvalue weighted by Crippen LogP contribution is 2.48. The Morgan fingerprint density at radius 1 is 1.29 bits per heavy atom. The third kappa shape index (κ3) is 7.12. The smallest absolute Gasteiger partial charge is 0.459 e. The molecule has 2 heterocycles. The number of carbonyl (C=O) groups is 1. The SMILES string of the molecule is CC(NP(=O)(OCC1OC(n2ccc(=O)[nH]c2=O)C(C)(C#N)C1O)Oc1ccc(F)cc1)C(=O)OC1CCCCC1. The summed E-state index contributed by atoms with van der Waals surface area (Å²) in [5.74, 6) is -1.27. The van der Waals surface area contributed by atoms with Crippen LogP contribution < -0.4 is 20.9 Å². The number of nitrogens with zero attached hydrogens (tertiary/aromatic N) is 2. The lowest BCUT2D eigenvalue weighted by Gasteiger charge is -2.27. The van der Waals surface area contributed by atoms with Crippen molar-refractivity contribution in [1.29, 1.82) is 5.26 Å². The molecule has 2 fully saturated rings. The van der Waals surface area contributed by atoms with E-state index in [1.54, 1.807) is 0 Å². The summed E-state index contributed by atoms with van der Waals surface area (Å²) in [5.41, 5.74) is -3.21. The number of ether oxygens (including phenoxy) is 2. The van der Waals surface area contributed by atoms with Crippen LogP contribution in [0.3, 0.4) is 0 Å². The molecule has 4 rings (SSSR count). The van der Waals surface area contributed by atoms with Crippen molar-refractivity contribution in [3.05, 3.63) is 63.2 Å². The van der Waals surface area contributed by atoms with Crippen LogP contribution >= 0.6 is 7.75 Å². The van der Waals surface area contributed by atoms with Crippen molar-refractivity contribution in [1.82, 2.24) is 14.6 Å². The number of esters is 1. The van der Waals surface area contributed by atoms with Gasteiger partial charge in [0.1, 0.15) is 41.3 Å². The van der Waals surface area contributed by atoms with E-state index in [-0.39, 0.29) is 11.9 Å². The van der Waals surface area contributed by atoms with Gasteiger partial charge in [-0.25, -0.2) is 13.8 Å². The fourth-order valence-electron chi connectivity index (χ4n) is 4.77. The molecule has 2 aromatic rings. The zero-order chi connectivity index (χ0) is 29.8. The van der Waals surface area contributed by atoms with Crippen molar-refractivity contribution in [2.75, 3.05) is 6.61 Å². The predicted molar refractivity (Wildman–Crippen MR) is 141 cm³/mol. The molecule has 222 valence electrons. The first kappa shape index (κ1) is 30.6. The largest absolute Gasteiger partial charge is 0.461 e. The number of aromatic amines is 1. The molecule has 1 aliphatic heterocycles. The Labute approximate surface area is 234 Å². The van der Waals surface area contributed by atoms with Crippen LogP contribution in [0.15, 0.2) is 46.1 Å². The second-order valence-corrected chi connectivity index (χ2v) is 12.0.